The zero-order chi connectivity index (χ0) is 25.4. The largest absolute Gasteiger partial charge is 0.331 e. The first kappa shape index (κ1) is 25.9. The van der Waals surface area contributed by atoms with E-state index in [2.05, 4.69) is 16.0 Å². The normalized spacial score (nSPS) is 15.9. The van der Waals surface area contributed by atoms with Crippen molar-refractivity contribution in [1.82, 2.24) is 4.90 Å². The number of nitrogens with zero attached hydrogens (tertiary/aromatic N) is 1. The number of carbonyl (C=O) groups is 4. The minimum absolute atomic E-state index is 0.0442. The fourth-order valence-electron chi connectivity index (χ4n) is 4.30. The SMILES string of the molecule is CC(=O)CC(C)CCC(=O)N1CCCC1C(=O)Nc1ccc(NC(=O)Nc2ccccc2C)cc1. The minimum Gasteiger partial charge on any atom is -0.331 e. The Labute approximate surface area is 206 Å². The van der Waals surface area contributed by atoms with E-state index >= 15 is 0 Å². The second-order valence-electron chi connectivity index (χ2n) is 9.26. The van der Waals surface area contributed by atoms with Gasteiger partial charge in [0.1, 0.15) is 11.8 Å². The maximum Gasteiger partial charge on any atom is 0.323 e. The maximum atomic E-state index is 12.9. The highest BCUT2D eigenvalue weighted by Gasteiger charge is 2.33. The highest BCUT2D eigenvalue weighted by molar-refractivity contribution is 6.01. The van der Waals surface area contributed by atoms with E-state index in [1.165, 1.54) is 0 Å². The third-order valence-corrected chi connectivity index (χ3v) is 6.17. The number of nitrogens with one attached hydrogen (secondary N) is 3. The average molecular weight is 479 g/mol. The monoisotopic (exact) mass is 478 g/mol. The predicted molar refractivity (Wildman–Crippen MR) is 137 cm³/mol. The number of hydrogen-bond donors (Lipinski definition) is 3. The summed E-state index contributed by atoms with van der Waals surface area (Å²) in [5.74, 6) is 0.0108. The molecule has 0 aliphatic carbocycles. The van der Waals surface area contributed by atoms with Crippen LogP contribution in [0.1, 0.15) is 51.5 Å². The Kier molecular flexibility index (Phi) is 9.00. The quantitative estimate of drug-likeness (QED) is 0.473. The molecule has 4 amide bonds. The third-order valence-electron chi connectivity index (χ3n) is 6.17. The van der Waals surface area contributed by atoms with Crippen LogP contribution < -0.4 is 16.0 Å². The first-order chi connectivity index (χ1) is 16.7. The van der Waals surface area contributed by atoms with E-state index in [9.17, 15) is 19.2 Å². The lowest BCUT2D eigenvalue weighted by molar-refractivity contribution is -0.137. The van der Waals surface area contributed by atoms with Crippen molar-refractivity contribution >= 4 is 40.7 Å². The second kappa shape index (κ2) is 12.1. The Hall–Kier alpha value is -3.68. The van der Waals surface area contributed by atoms with Crippen LogP contribution in [-0.2, 0) is 14.4 Å². The Morgan fingerprint density at radius 1 is 0.971 bits per heavy atom. The number of rotatable bonds is 9. The molecule has 0 saturated carbocycles. The van der Waals surface area contributed by atoms with E-state index in [1.807, 2.05) is 38.1 Å². The number of carbonyl (C=O) groups excluding carboxylic acids is 4. The number of hydrogen-bond acceptors (Lipinski definition) is 4. The highest BCUT2D eigenvalue weighted by atomic mass is 16.2. The van der Waals surface area contributed by atoms with E-state index in [1.54, 1.807) is 36.1 Å². The van der Waals surface area contributed by atoms with Crippen LogP contribution in [0.3, 0.4) is 0 Å². The van der Waals surface area contributed by atoms with Gasteiger partial charge in [0, 0.05) is 36.4 Å². The van der Waals surface area contributed by atoms with Gasteiger partial charge in [0.2, 0.25) is 11.8 Å². The van der Waals surface area contributed by atoms with Crippen molar-refractivity contribution in [2.24, 2.45) is 5.92 Å². The van der Waals surface area contributed by atoms with Gasteiger partial charge in [-0.05, 0) is 74.9 Å². The van der Waals surface area contributed by atoms with E-state index < -0.39 is 6.04 Å². The molecule has 1 saturated heterocycles. The average Bonchev–Trinajstić information content (AvgIpc) is 3.30. The van der Waals surface area contributed by atoms with Crippen molar-refractivity contribution in [3.63, 3.8) is 0 Å². The van der Waals surface area contributed by atoms with Crippen LogP contribution >= 0.6 is 0 Å². The maximum absolute atomic E-state index is 12.9. The number of aryl methyl sites for hydroxylation is 1. The van der Waals surface area contributed by atoms with Gasteiger partial charge in [0.25, 0.3) is 0 Å². The molecule has 1 heterocycles. The number of anilines is 3. The fourth-order valence-corrected chi connectivity index (χ4v) is 4.30. The van der Waals surface area contributed by atoms with Gasteiger partial charge in [0.15, 0.2) is 0 Å². The van der Waals surface area contributed by atoms with Crippen molar-refractivity contribution in [3.05, 3.63) is 54.1 Å². The molecular formula is C27H34N4O4. The van der Waals surface area contributed by atoms with Crippen LogP contribution in [0.15, 0.2) is 48.5 Å². The lowest BCUT2D eigenvalue weighted by Gasteiger charge is -2.24. The zero-order valence-corrected chi connectivity index (χ0v) is 20.6. The van der Waals surface area contributed by atoms with Gasteiger partial charge in [-0.2, -0.15) is 0 Å². The molecule has 2 aromatic carbocycles. The number of benzene rings is 2. The number of urea groups is 1. The summed E-state index contributed by atoms with van der Waals surface area (Å²) in [4.78, 5) is 50.8. The summed E-state index contributed by atoms with van der Waals surface area (Å²) in [6.45, 7) is 6.01. The van der Waals surface area contributed by atoms with Crippen molar-refractivity contribution in [3.8, 4) is 0 Å². The number of ketones is 1. The summed E-state index contributed by atoms with van der Waals surface area (Å²) < 4.78 is 0. The molecule has 2 aromatic rings. The molecule has 1 aliphatic heterocycles. The predicted octanol–water partition coefficient (Wildman–Crippen LogP) is 4.96. The molecular weight excluding hydrogens is 444 g/mol. The van der Waals surface area contributed by atoms with Crippen LogP contribution in [0.25, 0.3) is 0 Å². The van der Waals surface area contributed by atoms with Gasteiger partial charge in [0.05, 0.1) is 0 Å². The Morgan fingerprint density at radius 2 is 1.63 bits per heavy atom. The number of para-hydroxylation sites is 1. The first-order valence-electron chi connectivity index (χ1n) is 12.1. The molecule has 186 valence electrons. The van der Waals surface area contributed by atoms with Crippen molar-refractivity contribution in [2.45, 2.75) is 58.9 Å². The molecule has 1 fully saturated rings. The molecule has 0 spiro atoms. The highest BCUT2D eigenvalue weighted by Crippen LogP contribution is 2.23. The third kappa shape index (κ3) is 7.67. The molecule has 0 bridgehead atoms. The van der Waals surface area contributed by atoms with Crippen molar-refractivity contribution < 1.29 is 19.2 Å². The van der Waals surface area contributed by atoms with Gasteiger partial charge in [-0.15, -0.1) is 0 Å². The van der Waals surface area contributed by atoms with E-state index in [0.717, 1.165) is 17.7 Å². The smallest absolute Gasteiger partial charge is 0.323 e. The lowest BCUT2D eigenvalue weighted by atomic mass is 9.99. The molecule has 2 unspecified atom stereocenters. The number of likely N-dealkylation sites (tertiary alicyclic amines) is 1. The topological polar surface area (TPSA) is 108 Å². The lowest BCUT2D eigenvalue weighted by Crippen LogP contribution is -2.43. The van der Waals surface area contributed by atoms with Crippen LogP contribution in [0.4, 0.5) is 21.9 Å². The van der Waals surface area contributed by atoms with E-state index in [-0.39, 0.29) is 29.5 Å². The minimum atomic E-state index is -0.497. The summed E-state index contributed by atoms with van der Waals surface area (Å²) in [5.41, 5.74) is 2.88. The van der Waals surface area contributed by atoms with Gasteiger partial charge < -0.3 is 25.6 Å². The van der Waals surface area contributed by atoms with Crippen molar-refractivity contribution in [1.29, 1.82) is 0 Å². The molecule has 0 aromatic heterocycles. The summed E-state index contributed by atoms with van der Waals surface area (Å²) in [5, 5.41) is 8.47. The Morgan fingerprint density at radius 3 is 2.29 bits per heavy atom. The summed E-state index contributed by atoms with van der Waals surface area (Å²) in [6, 6.07) is 13.5. The molecule has 0 radical (unpaired) electrons. The molecule has 8 heteroatoms. The summed E-state index contributed by atoms with van der Waals surface area (Å²) in [7, 11) is 0. The molecule has 3 rings (SSSR count). The zero-order valence-electron chi connectivity index (χ0n) is 20.6. The number of Topliss-reactive ketones (excluding diaryl/α,β-unsaturated/α-hetero) is 1. The molecule has 35 heavy (non-hydrogen) atoms. The van der Waals surface area contributed by atoms with Crippen LogP contribution in [0.2, 0.25) is 0 Å². The van der Waals surface area contributed by atoms with Crippen molar-refractivity contribution in [2.75, 3.05) is 22.5 Å². The summed E-state index contributed by atoms with van der Waals surface area (Å²) >= 11 is 0. The van der Waals surface area contributed by atoms with Gasteiger partial charge in [-0.25, -0.2) is 4.79 Å². The molecule has 2 atom stereocenters. The van der Waals surface area contributed by atoms with Crippen LogP contribution in [0.5, 0.6) is 0 Å². The number of amides is 4. The Balaban J connectivity index is 1.50. The molecule has 3 N–H and O–H groups in total. The first-order valence-corrected chi connectivity index (χ1v) is 12.1. The van der Waals surface area contributed by atoms with E-state index in [4.69, 9.17) is 0 Å². The van der Waals surface area contributed by atoms with Crippen LogP contribution in [-0.4, -0.2) is 41.1 Å². The summed E-state index contributed by atoms with van der Waals surface area (Å²) in [6.07, 6.45) is 2.85. The van der Waals surface area contributed by atoms with Gasteiger partial charge in [-0.1, -0.05) is 25.1 Å². The second-order valence-corrected chi connectivity index (χ2v) is 9.26. The van der Waals surface area contributed by atoms with Gasteiger partial charge in [-0.3, -0.25) is 9.59 Å². The van der Waals surface area contributed by atoms with Gasteiger partial charge >= 0.3 is 6.03 Å². The standard InChI is InChI=1S/C27H34N4O4/c1-18(17-20(3)32)10-15-25(33)31-16-6-9-24(31)26(34)28-21-11-13-22(14-12-21)29-27(35)30-23-8-5-4-7-19(23)2/h4-5,7-8,11-14,18,24H,6,9-10,15-17H2,1-3H3,(H,28,34)(H2,29,30,35). The molecule has 1 aliphatic rings. The molecule has 8 nitrogen and oxygen atoms in total. The van der Waals surface area contributed by atoms with Crippen LogP contribution in [0, 0.1) is 12.8 Å². The Bertz CT molecular complexity index is 1070. The fraction of sp³-hybridized carbons (Fsp3) is 0.407. The van der Waals surface area contributed by atoms with E-state index in [0.29, 0.717) is 43.6 Å².